The van der Waals surface area contributed by atoms with Crippen LogP contribution in [0.2, 0.25) is 40.2 Å². The Hall–Kier alpha value is -8.49. The van der Waals surface area contributed by atoms with Gasteiger partial charge < -0.3 is 20.4 Å². The second-order valence-electron chi connectivity index (χ2n) is 24.7. The van der Waals surface area contributed by atoms with Crippen LogP contribution >= 0.6 is 104 Å². The number of carbonyl (C=O) groups excluding carboxylic acids is 6. The van der Waals surface area contributed by atoms with Crippen molar-refractivity contribution in [3.63, 3.8) is 0 Å². The highest BCUT2D eigenvalue weighted by Gasteiger charge is 2.61. The SMILES string of the molecule is C=CC(=O)N1CC2(C1)/C(=C\c1ccc(Cl)c(Cl)c1)C(=O)/C2=C/c1ccc(Cl)c(Cl)c1.O=C(CCl)N[C@@H](Cc1ccccc1)C(=O)N1CCC2(CC1)/C(=C\c1ccc([N+](=O)[O-])cc1)C(=O)/C2=C/c1ccc([N+](=O)[O-])cc1.O=C1/C(=C/c2ccc(Cl)c(Cl)c2)C2(CNC2)/C1=C\c1ccc(Cl)c(Cl)c1. The topological polar surface area (TPSA) is 219 Å². The number of ketones is 3. The summed E-state index contributed by atoms with van der Waals surface area (Å²) in [6, 6.07) is 41.4. The van der Waals surface area contributed by atoms with Gasteiger partial charge in [0.1, 0.15) is 11.9 Å². The fourth-order valence-corrected chi connectivity index (χ4v) is 14.4. The number of hydrogen-bond acceptors (Lipinski definition) is 11. The molecule has 3 saturated carbocycles. The Kier molecular flexibility index (Phi) is 22.6. The minimum absolute atomic E-state index is 0.0450. The van der Waals surface area contributed by atoms with Crippen LogP contribution in [-0.2, 0) is 35.2 Å². The van der Waals surface area contributed by atoms with Crippen LogP contribution in [0, 0.1) is 36.5 Å². The van der Waals surface area contributed by atoms with Crippen molar-refractivity contribution in [2.24, 2.45) is 16.2 Å². The van der Waals surface area contributed by atoms with E-state index in [1.54, 1.807) is 107 Å². The number of nitrogens with one attached hydrogen (secondary N) is 2. The van der Waals surface area contributed by atoms with Crippen LogP contribution in [0.1, 0.15) is 51.8 Å². The maximum absolute atomic E-state index is 13.7. The van der Waals surface area contributed by atoms with Gasteiger partial charge >= 0.3 is 0 Å². The van der Waals surface area contributed by atoms with Gasteiger partial charge in [-0.2, -0.15) is 0 Å². The number of nitro benzene ring substituents is 2. The van der Waals surface area contributed by atoms with Crippen LogP contribution in [0.25, 0.3) is 36.5 Å². The normalized spacial score (nSPS) is 19.3. The molecule has 3 amide bonds. The lowest BCUT2D eigenvalue weighted by Crippen LogP contribution is -2.66. The van der Waals surface area contributed by atoms with Crippen LogP contribution in [-0.4, -0.2) is 106 Å². The Morgan fingerprint density at radius 1 is 0.485 bits per heavy atom. The number of piperidine rings is 1. The van der Waals surface area contributed by atoms with Gasteiger partial charge in [0.25, 0.3) is 11.4 Å². The Morgan fingerprint density at radius 2 is 0.832 bits per heavy atom. The summed E-state index contributed by atoms with van der Waals surface area (Å²) in [5.41, 5.74) is 7.72. The van der Waals surface area contributed by atoms with Gasteiger partial charge in [-0.05, 0) is 167 Å². The number of allylic oxidation sites excluding steroid dienone is 2. The first-order chi connectivity index (χ1) is 48.3. The predicted octanol–water partition coefficient (Wildman–Crippen LogP) is 17.4. The summed E-state index contributed by atoms with van der Waals surface area (Å²) in [5, 5.41) is 31.9. The first-order valence-electron chi connectivity index (χ1n) is 31.3. The third-order valence-electron chi connectivity index (χ3n) is 18.6. The fraction of sp³-hybridized carbons (Fsp3) is 0.184. The van der Waals surface area contributed by atoms with Gasteiger partial charge in [-0.3, -0.25) is 49.0 Å². The third kappa shape index (κ3) is 15.5. The van der Waals surface area contributed by atoms with Gasteiger partial charge in [0, 0.05) is 109 Å². The van der Waals surface area contributed by atoms with Gasteiger partial charge in [-0.1, -0.05) is 154 Å². The molecule has 6 fully saturated rings. The van der Waals surface area contributed by atoms with E-state index in [4.69, 9.17) is 104 Å². The van der Waals surface area contributed by atoms with Crippen molar-refractivity contribution in [1.82, 2.24) is 20.4 Å². The molecule has 7 aromatic rings. The van der Waals surface area contributed by atoms with E-state index in [1.807, 2.05) is 66.8 Å². The summed E-state index contributed by atoms with van der Waals surface area (Å²) in [6.45, 7) is 6.44. The van der Waals surface area contributed by atoms with Crippen LogP contribution in [0.15, 0.2) is 198 Å². The number of nitro groups is 2. The summed E-state index contributed by atoms with van der Waals surface area (Å²) >= 11 is 54.1. The number of alkyl halides is 1. The van der Waals surface area contributed by atoms with E-state index in [0.717, 1.165) is 52.1 Å². The number of amides is 3. The van der Waals surface area contributed by atoms with Crippen molar-refractivity contribution in [1.29, 1.82) is 0 Å². The minimum atomic E-state index is -0.819. The lowest BCUT2D eigenvalue weighted by molar-refractivity contribution is -0.385. The largest absolute Gasteiger partial charge is 0.343 e. The Labute approximate surface area is 625 Å². The summed E-state index contributed by atoms with van der Waals surface area (Å²) in [4.78, 5) is 102. The number of halogens is 9. The van der Waals surface area contributed by atoms with E-state index < -0.39 is 32.6 Å². The van der Waals surface area contributed by atoms with Crippen LogP contribution < -0.4 is 10.6 Å². The molecule has 0 bridgehead atoms. The smallest absolute Gasteiger partial charge is 0.269 e. The monoisotopic (exact) mass is 1530 g/mol. The summed E-state index contributed by atoms with van der Waals surface area (Å²) in [7, 11) is 0. The number of hydrogen-bond donors (Lipinski definition) is 2. The maximum Gasteiger partial charge on any atom is 0.269 e. The molecule has 1 atom stereocenters. The highest BCUT2D eigenvalue weighted by molar-refractivity contribution is 6.44. The average molecular weight is 1530 g/mol. The number of benzene rings is 7. The molecule has 3 saturated heterocycles. The van der Waals surface area contributed by atoms with Crippen LogP contribution in [0.5, 0.6) is 0 Å². The molecule has 7 aromatic carbocycles. The van der Waals surface area contributed by atoms with Gasteiger partial charge in [0.2, 0.25) is 17.7 Å². The van der Waals surface area contributed by atoms with E-state index in [9.17, 15) is 49.0 Å². The van der Waals surface area contributed by atoms with Crippen LogP contribution in [0.4, 0.5) is 11.4 Å². The fourth-order valence-electron chi connectivity index (χ4n) is 13.1. The average Bonchev–Trinajstić information content (AvgIpc) is 0.698. The molecular weight excluding hydrogens is 1480 g/mol. The van der Waals surface area contributed by atoms with Gasteiger partial charge in [-0.15, -0.1) is 11.6 Å². The summed E-state index contributed by atoms with van der Waals surface area (Å²) in [6.07, 6.45) is 13.3. The molecule has 3 heterocycles. The van der Waals surface area contributed by atoms with Gasteiger partial charge in [0.15, 0.2) is 17.3 Å². The number of Topliss-reactive ketones (excluding diaryl/α,β-unsaturated/α-hetero) is 3. The van der Waals surface area contributed by atoms with Crippen LogP contribution in [0.3, 0.4) is 0 Å². The quantitative estimate of drug-likeness (QED) is 0.0451. The number of likely N-dealkylation sites (tertiary alicyclic amines) is 2. The number of rotatable bonds is 14. The van der Waals surface area contributed by atoms with E-state index in [0.29, 0.717) is 119 Å². The van der Waals surface area contributed by atoms with Gasteiger partial charge in [-0.25, -0.2) is 0 Å². The molecule has 0 aromatic heterocycles. The van der Waals surface area contributed by atoms with E-state index in [-0.39, 0.29) is 51.8 Å². The molecule has 6 aliphatic rings. The Balaban J connectivity index is 0.000000160. The second-order valence-corrected chi connectivity index (χ2v) is 28.3. The number of carbonyl (C=O) groups is 6. The molecule has 3 aliphatic heterocycles. The molecule has 101 heavy (non-hydrogen) atoms. The van der Waals surface area contributed by atoms with E-state index in [2.05, 4.69) is 17.2 Å². The zero-order chi connectivity index (χ0) is 72.2. The van der Waals surface area contributed by atoms with Crippen molar-refractivity contribution in [3.8, 4) is 0 Å². The number of nitrogens with zero attached hydrogens (tertiary/aromatic N) is 4. The van der Waals surface area contributed by atoms with Crippen molar-refractivity contribution in [2.75, 3.05) is 45.1 Å². The molecule has 13 rings (SSSR count). The molecule has 25 heteroatoms. The second kappa shape index (κ2) is 31.0. The molecule has 16 nitrogen and oxygen atoms in total. The van der Waals surface area contributed by atoms with Crippen molar-refractivity contribution in [3.05, 3.63) is 297 Å². The first-order valence-corrected chi connectivity index (χ1v) is 34.9. The van der Waals surface area contributed by atoms with Gasteiger partial charge in [0.05, 0.1) is 60.9 Å². The first kappa shape index (κ1) is 73.7. The zero-order valence-electron chi connectivity index (χ0n) is 53.1. The Bertz CT molecular complexity index is 4560. The summed E-state index contributed by atoms with van der Waals surface area (Å²) in [5.74, 6) is -1.37. The highest BCUT2D eigenvalue weighted by Crippen LogP contribution is 2.58. The Morgan fingerprint density at radius 3 is 1.16 bits per heavy atom. The van der Waals surface area contributed by atoms with E-state index >= 15 is 0 Å². The lowest BCUT2D eigenvalue weighted by Gasteiger charge is -2.57. The maximum atomic E-state index is 13.7. The third-order valence-corrected chi connectivity index (χ3v) is 21.8. The minimum Gasteiger partial charge on any atom is -0.343 e. The molecule has 0 unspecified atom stereocenters. The van der Waals surface area contributed by atoms with Crippen molar-refractivity contribution >= 4 is 187 Å². The standard InChI is InChI=1S/C33H29ClN4O7.C23H15Cl4NO2.C20H13Cl4NO/c34-21-30(39)35-29(20-22-4-2-1-3-5-22)32(41)36-16-14-33(15-17-36)27(18-23-6-10-25(11-7-23)37(42)43)31(40)28(33)19-24-8-12-26(13-9-24)38(44)45;1-2-21(29)28-11-23(12-28)15(7-13-3-5-17(24)19(26)9-13)22(30)16(23)8-14-4-6-18(25)20(27)10-14;21-15-3-1-11(7-17(15)23)5-13-19(26)14(20(13)9-25-10-20)6-12-2-4-16(22)18(24)8-12/h1-13,18-19,29H,14-17,20-21H2,(H,35,39);2-10H,1,11-12H2;1-8,25H,9-10H2/b27-18-,28-19-;15-7-,16-8-;13-5-,14-6-/t29-;;/m0../s1. The number of non-ortho nitro benzene ring substituents is 2. The molecule has 0 radical (unpaired) electrons. The highest BCUT2D eigenvalue weighted by atomic mass is 35.5. The van der Waals surface area contributed by atoms with Crippen molar-refractivity contribution < 1.29 is 38.6 Å². The summed E-state index contributed by atoms with van der Waals surface area (Å²) < 4.78 is 0. The zero-order valence-corrected chi connectivity index (χ0v) is 59.9. The predicted molar refractivity (Wildman–Crippen MR) is 400 cm³/mol. The molecule has 2 N–H and O–H groups in total. The molecular formula is C76H57Cl9N6O10. The molecule has 3 aliphatic carbocycles. The molecule has 514 valence electrons. The van der Waals surface area contributed by atoms with E-state index in [1.165, 1.54) is 30.3 Å². The molecule has 3 spiro atoms. The lowest BCUT2D eigenvalue weighted by atomic mass is 9.54. The van der Waals surface area contributed by atoms with Crippen molar-refractivity contribution in [2.45, 2.75) is 25.3 Å².